The van der Waals surface area contributed by atoms with Gasteiger partial charge in [0.1, 0.15) is 11.4 Å². The maximum Gasteiger partial charge on any atom is 0.433 e. The van der Waals surface area contributed by atoms with Crippen molar-refractivity contribution in [3.8, 4) is 5.75 Å². The maximum atomic E-state index is 12.6. The molecule has 112 valence electrons. The van der Waals surface area contributed by atoms with Gasteiger partial charge in [-0.05, 0) is 23.8 Å². The third kappa shape index (κ3) is 3.84. The van der Waals surface area contributed by atoms with E-state index in [4.69, 9.17) is 4.74 Å². The number of hydrogen-bond donors (Lipinski definition) is 0. The molecule has 0 aliphatic rings. The van der Waals surface area contributed by atoms with E-state index in [0.717, 1.165) is 17.8 Å². The van der Waals surface area contributed by atoms with Crippen molar-refractivity contribution in [2.24, 2.45) is 0 Å². The van der Waals surface area contributed by atoms with Crippen LogP contribution in [0.2, 0.25) is 0 Å². The summed E-state index contributed by atoms with van der Waals surface area (Å²) in [4.78, 5) is 8.96. The largest absolute Gasteiger partial charge is 0.497 e. The predicted molar refractivity (Wildman–Crippen MR) is 72.1 cm³/mol. The lowest BCUT2D eigenvalue weighted by Gasteiger charge is -2.18. The van der Waals surface area contributed by atoms with Gasteiger partial charge in [-0.15, -0.1) is 0 Å². The summed E-state index contributed by atoms with van der Waals surface area (Å²) in [5.74, 6) is 0.707. The smallest absolute Gasteiger partial charge is 0.433 e. The molecule has 0 unspecified atom stereocenters. The monoisotopic (exact) mass is 297 g/mol. The second kappa shape index (κ2) is 5.99. The van der Waals surface area contributed by atoms with Crippen LogP contribution in [0.1, 0.15) is 11.3 Å². The molecule has 4 nitrogen and oxygen atoms in total. The Hall–Kier alpha value is -2.31. The summed E-state index contributed by atoms with van der Waals surface area (Å²) in [6.45, 7) is 0.374. The van der Waals surface area contributed by atoms with E-state index < -0.39 is 11.9 Å². The number of nitrogens with zero attached hydrogens (tertiary/aromatic N) is 3. The Kier molecular flexibility index (Phi) is 4.30. The Bertz CT molecular complexity index is 616. The Labute approximate surface area is 120 Å². The van der Waals surface area contributed by atoms with Crippen LogP contribution in [0.25, 0.3) is 0 Å². The Morgan fingerprint density at radius 1 is 1.24 bits per heavy atom. The van der Waals surface area contributed by atoms with E-state index in [2.05, 4.69) is 9.97 Å². The molecule has 21 heavy (non-hydrogen) atoms. The first-order valence-electron chi connectivity index (χ1n) is 6.14. The van der Waals surface area contributed by atoms with E-state index in [-0.39, 0.29) is 5.95 Å². The van der Waals surface area contributed by atoms with Gasteiger partial charge in [0.05, 0.1) is 7.11 Å². The lowest BCUT2D eigenvalue weighted by Crippen LogP contribution is -2.21. The topological polar surface area (TPSA) is 38.2 Å². The van der Waals surface area contributed by atoms with Crippen LogP contribution in [-0.4, -0.2) is 24.1 Å². The molecule has 1 heterocycles. The van der Waals surface area contributed by atoms with Gasteiger partial charge < -0.3 is 9.64 Å². The van der Waals surface area contributed by atoms with Crippen LogP contribution < -0.4 is 9.64 Å². The van der Waals surface area contributed by atoms with Crippen LogP contribution in [0, 0.1) is 0 Å². The highest BCUT2D eigenvalue weighted by Gasteiger charge is 2.33. The van der Waals surface area contributed by atoms with Crippen molar-refractivity contribution in [3.63, 3.8) is 0 Å². The second-order valence-electron chi connectivity index (χ2n) is 4.45. The van der Waals surface area contributed by atoms with Gasteiger partial charge >= 0.3 is 6.18 Å². The van der Waals surface area contributed by atoms with Crippen LogP contribution in [0.3, 0.4) is 0 Å². The summed E-state index contributed by atoms with van der Waals surface area (Å²) in [5, 5.41) is 0. The maximum absolute atomic E-state index is 12.6. The van der Waals surface area contributed by atoms with E-state index in [0.29, 0.717) is 12.3 Å². The molecule has 0 aliphatic heterocycles. The average molecular weight is 297 g/mol. The summed E-state index contributed by atoms with van der Waals surface area (Å²) in [6.07, 6.45) is -3.37. The molecule has 0 saturated heterocycles. The number of alkyl halides is 3. The molecule has 1 aromatic heterocycles. The third-order valence-electron chi connectivity index (χ3n) is 2.83. The van der Waals surface area contributed by atoms with Gasteiger partial charge in [-0.1, -0.05) is 12.1 Å². The molecular formula is C14H14F3N3O. The molecule has 1 aromatic carbocycles. The molecule has 0 aliphatic carbocycles. The van der Waals surface area contributed by atoms with Crippen molar-refractivity contribution in [1.29, 1.82) is 0 Å². The minimum Gasteiger partial charge on any atom is -0.497 e. The molecule has 0 saturated carbocycles. The summed E-state index contributed by atoms with van der Waals surface area (Å²) in [7, 11) is 3.19. The van der Waals surface area contributed by atoms with Gasteiger partial charge in [0, 0.05) is 19.8 Å². The van der Waals surface area contributed by atoms with Crippen LogP contribution in [0.15, 0.2) is 36.5 Å². The zero-order valence-corrected chi connectivity index (χ0v) is 11.6. The summed E-state index contributed by atoms with van der Waals surface area (Å²) >= 11 is 0. The highest BCUT2D eigenvalue weighted by molar-refractivity contribution is 5.35. The van der Waals surface area contributed by atoms with Gasteiger partial charge in [-0.3, -0.25) is 0 Å². The summed E-state index contributed by atoms with van der Waals surface area (Å²) < 4.78 is 43.0. The van der Waals surface area contributed by atoms with E-state index >= 15 is 0 Å². The van der Waals surface area contributed by atoms with Crippen molar-refractivity contribution >= 4 is 5.95 Å². The Balaban J connectivity index is 2.18. The van der Waals surface area contributed by atoms with Crippen LogP contribution in [0.4, 0.5) is 19.1 Å². The molecule has 0 spiro atoms. The standard InChI is InChI=1S/C14H14F3N3O/c1-20(9-10-4-3-5-11(8-10)21-2)13-18-7-6-12(19-13)14(15,16)17/h3-8H,9H2,1-2H3. The number of aromatic nitrogens is 2. The summed E-state index contributed by atoms with van der Waals surface area (Å²) in [5.41, 5.74) is -0.0668. The van der Waals surface area contributed by atoms with Gasteiger partial charge in [0.25, 0.3) is 0 Å². The van der Waals surface area contributed by atoms with Crippen molar-refractivity contribution in [2.45, 2.75) is 12.7 Å². The zero-order chi connectivity index (χ0) is 15.5. The zero-order valence-electron chi connectivity index (χ0n) is 11.6. The first-order chi connectivity index (χ1) is 9.90. The average Bonchev–Trinajstić information content (AvgIpc) is 2.46. The first-order valence-corrected chi connectivity index (χ1v) is 6.14. The van der Waals surface area contributed by atoms with E-state index in [1.807, 2.05) is 18.2 Å². The fourth-order valence-corrected chi connectivity index (χ4v) is 1.81. The van der Waals surface area contributed by atoms with Crippen molar-refractivity contribution in [2.75, 3.05) is 19.1 Å². The third-order valence-corrected chi connectivity index (χ3v) is 2.83. The molecule has 0 radical (unpaired) electrons. The number of halogens is 3. The van der Waals surface area contributed by atoms with Crippen molar-refractivity contribution in [1.82, 2.24) is 9.97 Å². The Morgan fingerprint density at radius 2 is 2.00 bits per heavy atom. The fourth-order valence-electron chi connectivity index (χ4n) is 1.81. The van der Waals surface area contributed by atoms with Gasteiger partial charge in [0.15, 0.2) is 0 Å². The van der Waals surface area contributed by atoms with Crippen LogP contribution >= 0.6 is 0 Å². The fraction of sp³-hybridized carbons (Fsp3) is 0.286. The summed E-state index contributed by atoms with van der Waals surface area (Å²) in [6, 6.07) is 8.12. The Morgan fingerprint density at radius 3 is 2.67 bits per heavy atom. The van der Waals surface area contributed by atoms with E-state index in [1.54, 1.807) is 25.1 Å². The SMILES string of the molecule is COc1cccc(CN(C)c2nccc(C(F)(F)F)n2)c1. The van der Waals surface area contributed by atoms with Crippen LogP contribution in [-0.2, 0) is 12.7 Å². The minimum absolute atomic E-state index is 0.0210. The number of ether oxygens (including phenoxy) is 1. The molecule has 2 aromatic rings. The van der Waals surface area contributed by atoms with Gasteiger partial charge in [-0.2, -0.15) is 13.2 Å². The number of anilines is 1. The van der Waals surface area contributed by atoms with Crippen molar-refractivity contribution < 1.29 is 17.9 Å². The molecular weight excluding hydrogens is 283 g/mol. The normalized spacial score (nSPS) is 11.3. The second-order valence-corrected chi connectivity index (χ2v) is 4.45. The van der Waals surface area contributed by atoms with Gasteiger partial charge in [0.2, 0.25) is 5.95 Å². The molecule has 0 N–H and O–H groups in total. The number of methoxy groups -OCH3 is 1. The highest BCUT2D eigenvalue weighted by atomic mass is 19.4. The lowest BCUT2D eigenvalue weighted by molar-refractivity contribution is -0.141. The quantitative estimate of drug-likeness (QED) is 0.869. The van der Waals surface area contributed by atoms with E-state index in [1.165, 1.54) is 0 Å². The van der Waals surface area contributed by atoms with Crippen LogP contribution in [0.5, 0.6) is 5.75 Å². The lowest BCUT2D eigenvalue weighted by atomic mass is 10.2. The molecule has 0 amide bonds. The predicted octanol–water partition coefficient (Wildman–Crippen LogP) is 3.14. The number of rotatable bonds is 4. The minimum atomic E-state index is -4.48. The van der Waals surface area contributed by atoms with Gasteiger partial charge in [-0.25, -0.2) is 9.97 Å². The van der Waals surface area contributed by atoms with Crippen molar-refractivity contribution in [3.05, 3.63) is 47.8 Å². The molecule has 0 fully saturated rings. The molecule has 0 bridgehead atoms. The first kappa shape index (κ1) is 15.1. The highest BCUT2D eigenvalue weighted by Crippen LogP contribution is 2.28. The molecule has 7 heteroatoms. The van der Waals surface area contributed by atoms with E-state index in [9.17, 15) is 13.2 Å². The molecule has 0 atom stereocenters. The number of benzene rings is 1. The molecule has 2 rings (SSSR count). The number of hydrogen-bond acceptors (Lipinski definition) is 4.